The third kappa shape index (κ3) is 1.44. The molecule has 3 unspecified atom stereocenters. The lowest BCUT2D eigenvalue weighted by Crippen LogP contribution is -2.54. The van der Waals surface area contributed by atoms with Gasteiger partial charge in [0.05, 0.1) is 11.5 Å². The number of nitrogens with zero attached hydrogens (tertiary/aromatic N) is 1. The molecule has 0 radical (unpaired) electrons. The number of piperazine rings is 1. The Morgan fingerprint density at radius 2 is 1.84 bits per heavy atom. The van der Waals surface area contributed by atoms with Gasteiger partial charge in [0.2, 0.25) is 5.91 Å². The first-order chi connectivity index (χ1) is 8.85. The van der Waals surface area contributed by atoms with Crippen LogP contribution in [0.15, 0.2) is 0 Å². The lowest BCUT2D eigenvalue weighted by atomic mass is 9.64. The molecule has 1 saturated heterocycles. The lowest BCUT2D eigenvalue weighted by Gasteiger charge is -2.43. The quantitative estimate of drug-likeness (QED) is 0.744. The van der Waals surface area contributed by atoms with Crippen molar-refractivity contribution in [2.24, 2.45) is 16.2 Å². The Morgan fingerprint density at radius 1 is 1.21 bits per heavy atom. The molecule has 1 amide bonds. The highest BCUT2D eigenvalue weighted by Crippen LogP contribution is 2.72. The number of amides is 1. The molecule has 2 aliphatic carbocycles. The molecule has 2 N–H and O–H groups in total. The number of hydrogen-bond donors (Lipinski definition) is 2. The van der Waals surface area contributed by atoms with Crippen molar-refractivity contribution in [1.82, 2.24) is 10.2 Å². The highest BCUT2D eigenvalue weighted by atomic mass is 16.3. The Labute approximate surface area is 115 Å². The number of nitrogens with one attached hydrogen (secondary N) is 1. The van der Waals surface area contributed by atoms with Crippen LogP contribution in [0.25, 0.3) is 0 Å². The summed E-state index contributed by atoms with van der Waals surface area (Å²) in [4.78, 5) is 15.1. The van der Waals surface area contributed by atoms with Gasteiger partial charge < -0.3 is 15.3 Å². The van der Waals surface area contributed by atoms with Crippen molar-refractivity contribution in [3.8, 4) is 0 Å². The smallest absolute Gasteiger partial charge is 0.229 e. The van der Waals surface area contributed by atoms with Crippen molar-refractivity contribution >= 4 is 5.91 Å². The monoisotopic (exact) mass is 266 g/mol. The molecule has 0 aromatic heterocycles. The molecule has 4 nitrogen and oxygen atoms in total. The highest BCUT2D eigenvalue weighted by molar-refractivity contribution is 5.85. The minimum absolute atomic E-state index is 0.100. The normalized spacial score (nSPS) is 44.6. The van der Waals surface area contributed by atoms with Gasteiger partial charge in [-0.1, -0.05) is 20.8 Å². The van der Waals surface area contributed by atoms with E-state index in [2.05, 4.69) is 26.1 Å². The van der Waals surface area contributed by atoms with Gasteiger partial charge in [-0.05, 0) is 30.1 Å². The van der Waals surface area contributed by atoms with E-state index in [0.717, 1.165) is 39.0 Å². The second-order valence-electron chi connectivity index (χ2n) is 7.39. The molecule has 108 valence electrons. The van der Waals surface area contributed by atoms with E-state index in [4.69, 9.17) is 0 Å². The van der Waals surface area contributed by atoms with E-state index >= 15 is 0 Å². The van der Waals surface area contributed by atoms with Crippen molar-refractivity contribution in [3.63, 3.8) is 0 Å². The van der Waals surface area contributed by atoms with Gasteiger partial charge in [-0.15, -0.1) is 0 Å². The Hall–Kier alpha value is -0.610. The van der Waals surface area contributed by atoms with Gasteiger partial charge in [0.15, 0.2) is 0 Å². The summed E-state index contributed by atoms with van der Waals surface area (Å²) in [5.41, 5.74) is -0.545. The molecule has 2 saturated carbocycles. The number of rotatable bonds is 1. The molecule has 1 aliphatic heterocycles. The van der Waals surface area contributed by atoms with Crippen molar-refractivity contribution in [1.29, 1.82) is 0 Å². The molecule has 3 rings (SSSR count). The van der Waals surface area contributed by atoms with Crippen molar-refractivity contribution in [3.05, 3.63) is 0 Å². The predicted molar refractivity (Wildman–Crippen MR) is 73.6 cm³/mol. The van der Waals surface area contributed by atoms with Gasteiger partial charge in [-0.2, -0.15) is 0 Å². The van der Waals surface area contributed by atoms with E-state index in [0.29, 0.717) is 12.3 Å². The molecular weight excluding hydrogens is 240 g/mol. The van der Waals surface area contributed by atoms with Crippen LogP contribution in [0.3, 0.4) is 0 Å². The fourth-order valence-corrected chi connectivity index (χ4v) is 4.77. The average Bonchev–Trinajstić information content (AvgIpc) is 2.69. The Balaban J connectivity index is 1.93. The first kappa shape index (κ1) is 13.4. The van der Waals surface area contributed by atoms with Crippen LogP contribution in [-0.4, -0.2) is 48.2 Å². The van der Waals surface area contributed by atoms with E-state index in [-0.39, 0.29) is 22.3 Å². The third-order valence-electron chi connectivity index (χ3n) is 6.79. The molecule has 3 atom stereocenters. The number of aliphatic hydroxyl groups is 1. The number of carbonyl (C=O) groups is 1. The molecule has 2 bridgehead atoms. The number of aliphatic hydroxyl groups excluding tert-OH is 1. The van der Waals surface area contributed by atoms with Gasteiger partial charge in [0.25, 0.3) is 0 Å². The number of carbonyl (C=O) groups excluding carboxylic acids is 1. The summed E-state index contributed by atoms with van der Waals surface area (Å²) in [7, 11) is 0. The first-order valence-corrected chi connectivity index (χ1v) is 7.53. The molecule has 0 aromatic rings. The summed E-state index contributed by atoms with van der Waals surface area (Å²) in [6.07, 6.45) is 2.23. The SMILES string of the molecule is CC12CCC(C(=O)N3CCNCC3)(CC1O)C2(C)C. The standard InChI is InChI=1S/C15H26N2O2/c1-13(2)14(3)4-5-15(13,10-11(14)18)12(19)17-8-6-16-7-9-17/h11,16,18H,4-10H2,1-3H3. The van der Waals surface area contributed by atoms with E-state index in [9.17, 15) is 9.90 Å². The molecule has 4 heteroatoms. The fourth-order valence-electron chi connectivity index (χ4n) is 4.77. The van der Waals surface area contributed by atoms with Crippen LogP contribution in [0.2, 0.25) is 0 Å². The van der Waals surface area contributed by atoms with Crippen molar-refractivity contribution in [2.75, 3.05) is 26.2 Å². The van der Waals surface area contributed by atoms with E-state index < -0.39 is 0 Å². The zero-order valence-corrected chi connectivity index (χ0v) is 12.3. The molecule has 19 heavy (non-hydrogen) atoms. The Morgan fingerprint density at radius 3 is 2.32 bits per heavy atom. The summed E-state index contributed by atoms with van der Waals surface area (Å²) in [6.45, 7) is 9.95. The average molecular weight is 266 g/mol. The van der Waals surface area contributed by atoms with Crippen LogP contribution in [0.1, 0.15) is 40.0 Å². The molecule has 3 aliphatic rings. The minimum atomic E-state index is -0.335. The summed E-state index contributed by atoms with van der Waals surface area (Å²) < 4.78 is 0. The van der Waals surface area contributed by atoms with E-state index in [1.165, 1.54) is 0 Å². The summed E-state index contributed by atoms with van der Waals surface area (Å²) >= 11 is 0. The number of fused-ring (bicyclic) bond motifs is 2. The topological polar surface area (TPSA) is 52.6 Å². The van der Waals surface area contributed by atoms with Crippen LogP contribution < -0.4 is 5.32 Å². The van der Waals surface area contributed by atoms with Gasteiger partial charge in [-0.3, -0.25) is 4.79 Å². The zero-order chi connectivity index (χ0) is 13.9. The first-order valence-electron chi connectivity index (χ1n) is 7.53. The molecule has 3 fully saturated rings. The van der Waals surface area contributed by atoms with E-state index in [1.54, 1.807) is 0 Å². The Kier molecular flexibility index (Phi) is 2.78. The third-order valence-corrected chi connectivity index (χ3v) is 6.79. The maximum atomic E-state index is 13.1. The second kappa shape index (κ2) is 3.95. The van der Waals surface area contributed by atoms with Crippen molar-refractivity contribution < 1.29 is 9.90 Å². The van der Waals surface area contributed by atoms with Crippen LogP contribution >= 0.6 is 0 Å². The van der Waals surface area contributed by atoms with Gasteiger partial charge in [0.1, 0.15) is 0 Å². The largest absolute Gasteiger partial charge is 0.393 e. The molecule has 0 aromatic carbocycles. The van der Waals surface area contributed by atoms with Gasteiger partial charge in [0, 0.05) is 26.2 Å². The summed E-state index contributed by atoms with van der Waals surface area (Å²) in [6, 6.07) is 0. The number of hydrogen-bond acceptors (Lipinski definition) is 3. The lowest BCUT2D eigenvalue weighted by molar-refractivity contribution is -0.148. The van der Waals surface area contributed by atoms with Crippen molar-refractivity contribution in [2.45, 2.75) is 46.1 Å². The maximum absolute atomic E-state index is 13.1. The van der Waals surface area contributed by atoms with Gasteiger partial charge >= 0.3 is 0 Å². The molecule has 1 heterocycles. The summed E-state index contributed by atoms with van der Waals surface area (Å²) in [5.74, 6) is 0.291. The van der Waals surface area contributed by atoms with Gasteiger partial charge in [-0.25, -0.2) is 0 Å². The van der Waals surface area contributed by atoms with Crippen LogP contribution in [0.5, 0.6) is 0 Å². The Bertz CT molecular complexity index is 403. The van der Waals surface area contributed by atoms with Crippen LogP contribution in [0, 0.1) is 16.2 Å². The predicted octanol–water partition coefficient (Wildman–Crippen LogP) is 0.995. The molecular formula is C15H26N2O2. The maximum Gasteiger partial charge on any atom is 0.229 e. The van der Waals surface area contributed by atoms with E-state index in [1.807, 2.05) is 4.90 Å². The van der Waals surface area contributed by atoms with Crippen LogP contribution in [0.4, 0.5) is 0 Å². The zero-order valence-electron chi connectivity index (χ0n) is 12.3. The minimum Gasteiger partial charge on any atom is -0.393 e. The van der Waals surface area contributed by atoms with Crippen LogP contribution in [-0.2, 0) is 4.79 Å². The second-order valence-corrected chi connectivity index (χ2v) is 7.39. The fraction of sp³-hybridized carbons (Fsp3) is 0.933. The molecule has 0 spiro atoms. The highest BCUT2D eigenvalue weighted by Gasteiger charge is 2.72. The summed E-state index contributed by atoms with van der Waals surface area (Å²) in [5, 5.41) is 13.7.